The molecule has 0 spiro atoms. The van der Waals surface area contributed by atoms with Crippen LogP contribution in [0.2, 0.25) is 0 Å². The SMILES string of the molecule is CC(C)C[C@H](NC(=O)CCC1CCOC1)C(=O)O. The number of amides is 1. The Balaban J connectivity index is 2.29. The Hall–Kier alpha value is -1.10. The van der Waals surface area contributed by atoms with Crippen molar-refractivity contribution in [2.75, 3.05) is 13.2 Å². The van der Waals surface area contributed by atoms with Gasteiger partial charge in [-0.25, -0.2) is 4.79 Å². The minimum Gasteiger partial charge on any atom is -0.480 e. The molecule has 1 aliphatic rings. The maximum absolute atomic E-state index is 11.7. The van der Waals surface area contributed by atoms with Crippen molar-refractivity contribution in [2.24, 2.45) is 11.8 Å². The fraction of sp³-hybridized carbons (Fsp3) is 0.846. The number of aliphatic carboxylic acids is 1. The van der Waals surface area contributed by atoms with Crippen molar-refractivity contribution >= 4 is 11.9 Å². The van der Waals surface area contributed by atoms with Gasteiger partial charge in [0.05, 0.1) is 0 Å². The molecular formula is C13H23NO4. The summed E-state index contributed by atoms with van der Waals surface area (Å²) in [4.78, 5) is 22.7. The van der Waals surface area contributed by atoms with Gasteiger partial charge in [-0.2, -0.15) is 0 Å². The van der Waals surface area contributed by atoms with E-state index >= 15 is 0 Å². The molecular weight excluding hydrogens is 234 g/mol. The Labute approximate surface area is 108 Å². The smallest absolute Gasteiger partial charge is 0.326 e. The number of carboxylic acids is 1. The van der Waals surface area contributed by atoms with Gasteiger partial charge in [-0.3, -0.25) is 4.79 Å². The quantitative estimate of drug-likeness (QED) is 0.723. The van der Waals surface area contributed by atoms with Crippen LogP contribution < -0.4 is 5.32 Å². The zero-order valence-electron chi connectivity index (χ0n) is 11.1. The lowest BCUT2D eigenvalue weighted by molar-refractivity contribution is -0.142. The highest BCUT2D eigenvalue weighted by Gasteiger charge is 2.22. The van der Waals surface area contributed by atoms with Crippen molar-refractivity contribution in [3.8, 4) is 0 Å². The standard InChI is InChI=1S/C13H23NO4/c1-9(2)7-11(13(16)17)14-12(15)4-3-10-5-6-18-8-10/h9-11H,3-8H2,1-2H3,(H,14,15)(H,16,17)/t10?,11-/m0/s1. The molecule has 1 aliphatic heterocycles. The van der Waals surface area contributed by atoms with Crippen LogP contribution in [0.15, 0.2) is 0 Å². The molecule has 104 valence electrons. The molecule has 0 aromatic heterocycles. The summed E-state index contributed by atoms with van der Waals surface area (Å²) >= 11 is 0. The van der Waals surface area contributed by atoms with Gasteiger partial charge in [-0.05, 0) is 31.1 Å². The summed E-state index contributed by atoms with van der Waals surface area (Å²) < 4.78 is 5.24. The first-order chi connectivity index (χ1) is 8.49. The lowest BCUT2D eigenvalue weighted by atomic mass is 10.0. The molecule has 0 aromatic rings. The summed E-state index contributed by atoms with van der Waals surface area (Å²) in [5.41, 5.74) is 0. The van der Waals surface area contributed by atoms with Crippen molar-refractivity contribution in [1.29, 1.82) is 0 Å². The number of rotatable bonds is 7. The van der Waals surface area contributed by atoms with E-state index in [1.54, 1.807) is 0 Å². The maximum atomic E-state index is 11.7. The predicted octanol–water partition coefficient (Wildman–Crippen LogP) is 1.42. The van der Waals surface area contributed by atoms with Crippen LogP contribution in [0.3, 0.4) is 0 Å². The van der Waals surface area contributed by atoms with Gasteiger partial charge in [0.1, 0.15) is 6.04 Å². The van der Waals surface area contributed by atoms with E-state index in [4.69, 9.17) is 9.84 Å². The highest BCUT2D eigenvalue weighted by molar-refractivity contribution is 5.83. The summed E-state index contributed by atoms with van der Waals surface area (Å²) in [6.45, 7) is 5.38. The topological polar surface area (TPSA) is 75.6 Å². The summed E-state index contributed by atoms with van der Waals surface area (Å²) in [5, 5.41) is 11.6. The third-order valence-corrected chi connectivity index (χ3v) is 3.14. The molecule has 1 fully saturated rings. The van der Waals surface area contributed by atoms with E-state index in [0.717, 1.165) is 26.1 Å². The molecule has 5 heteroatoms. The number of hydrogen-bond acceptors (Lipinski definition) is 3. The molecule has 1 saturated heterocycles. The summed E-state index contributed by atoms with van der Waals surface area (Å²) in [7, 11) is 0. The molecule has 2 atom stereocenters. The molecule has 1 rings (SSSR count). The van der Waals surface area contributed by atoms with E-state index in [1.807, 2.05) is 13.8 Å². The van der Waals surface area contributed by atoms with E-state index < -0.39 is 12.0 Å². The zero-order chi connectivity index (χ0) is 13.5. The Morgan fingerprint density at radius 1 is 1.44 bits per heavy atom. The van der Waals surface area contributed by atoms with Gasteiger partial charge in [-0.15, -0.1) is 0 Å². The summed E-state index contributed by atoms with van der Waals surface area (Å²) in [5.74, 6) is -0.435. The molecule has 0 bridgehead atoms. The number of hydrogen-bond donors (Lipinski definition) is 2. The molecule has 0 aliphatic carbocycles. The van der Waals surface area contributed by atoms with Crippen molar-refractivity contribution in [2.45, 2.75) is 45.6 Å². The molecule has 5 nitrogen and oxygen atoms in total. The number of nitrogens with one attached hydrogen (secondary N) is 1. The first-order valence-corrected chi connectivity index (χ1v) is 6.59. The average Bonchev–Trinajstić information content (AvgIpc) is 2.77. The molecule has 1 amide bonds. The minimum absolute atomic E-state index is 0.171. The van der Waals surface area contributed by atoms with Crippen LogP contribution in [0.5, 0.6) is 0 Å². The van der Waals surface area contributed by atoms with Crippen molar-refractivity contribution in [1.82, 2.24) is 5.32 Å². The monoisotopic (exact) mass is 257 g/mol. The second kappa shape index (κ2) is 7.36. The summed E-state index contributed by atoms with van der Waals surface area (Å²) in [6, 6.07) is -0.766. The predicted molar refractivity (Wildman–Crippen MR) is 67.2 cm³/mol. The van der Waals surface area contributed by atoms with Gasteiger partial charge in [0.2, 0.25) is 5.91 Å². The number of carbonyl (C=O) groups excluding carboxylic acids is 1. The van der Waals surface area contributed by atoms with Crippen LogP contribution >= 0.6 is 0 Å². The largest absolute Gasteiger partial charge is 0.480 e. The first kappa shape index (κ1) is 15.0. The first-order valence-electron chi connectivity index (χ1n) is 6.59. The molecule has 0 saturated carbocycles. The second-order valence-corrected chi connectivity index (χ2v) is 5.36. The molecule has 1 heterocycles. The highest BCUT2D eigenvalue weighted by atomic mass is 16.5. The lowest BCUT2D eigenvalue weighted by Crippen LogP contribution is -2.41. The average molecular weight is 257 g/mol. The maximum Gasteiger partial charge on any atom is 0.326 e. The van der Waals surface area contributed by atoms with Crippen molar-refractivity contribution in [3.63, 3.8) is 0 Å². The van der Waals surface area contributed by atoms with E-state index in [2.05, 4.69) is 5.32 Å². The fourth-order valence-electron chi connectivity index (χ4n) is 2.11. The summed E-state index contributed by atoms with van der Waals surface area (Å²) in [6.07, 6.45) is 2.63. The van der Waals surface area contributed by atoms with Crippen LogP contribution in [-0.4, -0.2) is 36.2 Å². The third kappa shape index (κ3) is 5.49. The fourth-order valence-corrected chi connectivity index (χ4v) is 2.11. The Morgan fingerprint density at radius 3 is 2.67 bits per heavy atom. The molecule has 1 unspecified atom stereocenters. The lowest BCUT2D eigenvalue weighted by Gasteiger charge is -2.17. The molecule has 2 N–H and O–H groups in total. The Morgan fingerprint density at radius 2 is 2.17 bits per heavy atom. The normalized spacial score (nSPS) is 20.9. The van der Waals surface area contributed by atoms with E-state index in [-0.39, 0.29) is 11.8 Å². The molecule has 18 heavy (non-hydrogen) atoms. The van der Waals surface area contributed by atoms with Crippen LogP contribution in [0.4, 0.5) is 0 Å². The third-order valence-electron chi connectivity index (χ3n) is 3.14. The number of carboxylic acid groups (broad SMARTS) is 1. The van der Waals surface area contributed by atoms with Gasteiger partial charge >= 0.3 is 5.97 Å². The van der Waals surface area contributed by atoms with E-state index in [0.29, 0.717) is 18.8 Å². The zero-order valence-corrected chi connectivity index (χ0v) is 11.1. The van der Waals surface area contributed by atoms with Crippen LogP contribution in [0.25, 0.3) is 0 Å². The van der Waals surface area contributed by atoms with Gasteiger partial charge in [-0.1, -0.05) is 13.8 Å². The molecule has 0 aromatic carbocycles. The van der Waals surface area contributed by atoms with Gasteiger partial charge < -0.3 is 15.2 Å². The molecule has 0 radical (unpaired) electrons. The van der Waals surface area contributed by atoms with Crippen LogP contribution in [-0.2, 0) is 14.3 Å². The van der Waals surface area contributed by atoms with Gasteiger partial charge in [0, 0.05) is 19.6 Å². The number of carbonyl (C=O) groups is 2. The second-order valence-electron chi connectivity index (χ2n) is 5.36. The Kier molecular flexibility index (Phi) is 6.12. The van der Waals surface area contributed by atoms with Crippen molar-refractivity contribution in [3.05, 3.63) is 0 Å². The number of ether oxygens (including phenoxy) is 1. The van der Waals surface area contributed by atoms with Crippen molar-refractivity contribution < 1.29 is 19.4 Å². The highest BCUT2D eigenvalue weighted by Crippen LogP contribution is 2.17. The van der Waals surface area contributed by atoms with E-state index in [9.17, 15) is 9.59 Å². The van der Waals surface area contributed by atoms with Crippen LogP contribution in [0, 0.1) is 11.8 Å². The van der Waals surface area contributed by atoms with Gasteiger partial charge in [0.15, 0.2) is 0 Å². The van der Waals surface area contributed by atoms with Crippen LogP contribution in [0.1, 0.15) is 39.5 Å². The van der Waals surface area contributed by atoms with E-state index in [1.165, 1.54) is 0 Å². The Bertz CT molecular complexity index is 285. The van der Waals surface area contributed by atoms with Gasteiger partial charge in [0.25, 0.3) is 0 Å². The minimum atomic E-state index is -0.957.